The number of azide groups is 1. The molecule has 2 aliphatic carbocycles. The summed E-state index contributed by atoms with van der Waals surface area (Å²) in [5, 5.41) is 14.5. The van der Waals surface area contributed by atoms with Crippen molar-refractivity contribution in [2.24, 2.45) is 17.0 Å². The summed E-state index contributed by atoms with van der Waals surface area (Å²) in [7, 11) is 0. The zero-order valence-electron chi connectivity index (χ0n) is 13.3. The third kappa shape index (κ3) is 3.19. The maximum atomic E-state index is 12.2. The van der Waals surface area contributed by atoms with Gasteiger partial charge in [-0.05, 0) is 55.2 Å². The minimum absolute atomic E-state index is 0.0562. The number of esters is 1. The molecular weight excluding hydrogens is 312 g/mol. The van der Waals surface area contributed by atoms with Crippen LogP contribution in [0, 0.1) is 22.0 Å². The summed E-state index contributed by atoms with van der Waals surface area (Å²) in [6.07, 6.45) is 3.07. The van der Waals surface area contributed by atoms with Crippen LogP contribution in [0.3, 0.4) is 0 Å². The fraction of sp³-hybridized carbons (Fsp3) is 0.562. The first kappa shape index (κ1) is 16.3. The van der Waals surface area contributed by atoms with Gasteiger partial charge < -0.3 is 4.74 Å². The van der Waals surface area contributed by atoms with Crippen LogP contribution in [0.5, 0.6) is 0 Å². The highest BCUT2D eigenvalue weighted by molar-refractivity contribution is 5.89. The zero-order valence-corrected chi connectivity index (χ0v) is 13.3. The summed E-state index contributed by atoms with van der Waals surface area (Å²) in [6, 6.07) is 5.42. The van der Waals surface area contributed by atoms with Gasteiger partial charge in [0.05, 0.1) is 10.5 Å². The predicted octanol–water partition coefficient (Wildman–Crippen LogP) is 4.01. The number of nitro groups is 1. The lowest BCUT2D eigenvalue weighted by Gasteiger charge is -2.20. The molecule has 126 valence electrons. The maximum Gasteiger partial charge on any atom is 0.338 e. The van der Waals surface area contributed by atoms with Gasteiger partial charge in [-0.1, -0.05) is 12.0 Å². The van der Waals surface area contributed by atoms with Gasteiger partial charge in [-0.2, -0.15) is 0 Å². The van der Waals surface area contributed by atoms with Crippen molar-refractivity contribution in [3.8, 4) is 0 Å². The summed E-state index contributed by atoms with van der Waals surface area (Å²) < 4.78 is 5.55. The van der Waals surface area contributed by atoms with E-state index in [4.69, 9.17) is 10.3 Å². The number of rotatable bonds is 4. The van der Waals surface area contributed by atoms with Crippen LogP contribution in [0.4, 0.5) is 5.69 Å². The summed E-state index contributed by atoms with van der Waals surface area (Å²) in [4.78, 5) is 25.2. The average Bonchev–Trinajstić information content (AvgIpc) is 3.01. The molecule has 0 aliphatic heterocycles. The highest BCUT2D eigenvalue weighted by Gasteiger charge is 2.47. The standard InChI is InChI=1S/C16H18N4O4/c1-16(18-19-17)8-11-6-14(7-12(11)9-16)24-15(21)10-2-4-13(5-3-10)20(22)23/h2-5,11-12,14H,6-9H2,1H3. The first-order valence-corrected chi connectivity index (χ1v) is 7.92. The summed E-state index contributed by atoms with van der Waals surface area (Å²) in [5.41, 5.74) is 8.59. The monoisotopic (exact) mass is 330 g/mol. The minimum Gasteiger partial charge on any atom is -0.459 e. The van der Waals surface area contributed by atoms with Crippen LogP contribution in [-0.2, 0) is 4.74 Å². The van der Waals surface area contributed by atoms with Crippen molar-refractivity contribution in [1.82, 2.24) is 0 Å². The van der Waals surface area contributed by atoms with Crippen molar-refractivity contribution in [3.05, 3.63) is 50.4 Å². The lowest BCUT2D eigenvalue weighted by molar-refractivity contribution is -0.384. The molecule has 1 aromatic rings. The molecule has 2 unspecified atom stereocenters. The highest BCUT2D eigenvalue weighted by atomic mass is 16.6. The number of nitro benzene ring substituents is 1. The SMILES string of the molecule is CC1(N=[N+]=[N-])CC2CC(OC(=O)c3ccc([N+](=O)[O-])cc3)CC2C1. The Labute approximate surface area is 138 Å². The first-order chi connectivity index (χ1) is 11.4. The molecule has 24 heavy (non-hydrogen) atoms. The predicted molar refractivity (Wildman–Crippen MR) is 85.3 cm³/mol. The Morgan fingerprint density at radius 2 is 1.92 bits per heavy atom. The van der Waals surface area contributed by atoms with E-state index in [1.165, 1.54) is 24.3 Å². The molecule has 3 rings (SSSR count). The van der Waals surface area contributed by atoms with E-state index in [0.717, 1.165) is 25.7 Å². The summed E-state index contributed by atoms with van der Waals surface area (Å²) in [6.45, 7) is 1.98. The Balaban J connectivity index is 1.58. The molecule has 1 aromatic carbocycles. The van der Waals surface area contributed by atoms with Crippen LogP contribution in [-0.4, -0.2) is 22.5 Å². The molecule has 0 saturated heterocycles. The number of nitrogens with zero attached hydrogens (tertiary/aromatic N) is 4. The number of non-ortho nitro benzene ring substituents is 1. The quantitative estimate of drug-likeness (QED) is 0.207. The van der Waals surface area contributed by atoms with Gasteiger partial charge in [0.1, 0.15) is 6.10 Å². The Kier molecular flexibility index (Phi) is 4.15. The maximum absolute atomic E-state index is 12.2. The molecule has 0 radical (unpaired) electrons. The van der Waals surface area contributed by atoms with Gasteiger partial charge in [0.25, 0.3) is 5.69 Å². The number of fused-ring (bicyclic) bond motifs is 1. The van der Waals surface area contributed by atoms with Gasteiger partial charge in [0.15, 0.2) is 0 Å². The fourth-order valence-corrected chi connectivity index (χ4v) is 4.09. The van der Waals surface area contributed by atoms with Crippen LogP contribution in [0.1, 0.15) is 43.0 Å². The average molecular weight is 330 g/mol. The van der Waals surface area contributed by atoms with Gasteiger partial charge in [-0.3, -0.25) is 10.1 Å². The second-order valence-corrected chi connectivity index (χ2v) is 6.92. The van der Waals surface area contributed by atoms with E-state index in [9.17, 15) is 14.9 Å². The minimum atomic E-state index is -0.506. The van der Waals surface area contributed by atoms with Crippen molar-refractivity contribution in [3.63, 3.8) is 0 Å². The largest absolute Gasteiger partial charge is 0.459 e. The van der Waals surface area contributed by atoms with Crippen molar-refractivity contribution >= 4 is 11.7 Å². The number of ether oxygens (including phenoxy) is 1. The van der Waals surface area contributed by atoms with E-state index in [1.807, 2.05) is 6.92 Å². The van der Waals surface area contributed by atoms with Crippen LogP contribution >= 0.6 is 0 Å². The smallest absolute Gasteiger partial charge is 0.338 e. The van der Waals surface area contributed by atoms with E-state index in [-0.39, 0.29) is 17.3 Å². The van der Waals surface area contributed by atoms with Gasteiger partial charge >= 0.3 is 5.97 Å². The number of carbonyl (C=O) groups excluding carboxylic acids is 1. The molecule has 2 aliphatic rings. The molecular formula is C16H18N4O4. The number of benzene rings is 1. The van der Waals surface area contributed by atoms with E-state index in [0.29, 0.717) is 17.4 Å². The molecule has 8 heteroatoms. The molecule has 0 bridgehead atoms. The zero-order chi connectivity index (χ0) is 17.3. The molecule has 0 spiro atoms. The summed E-state index contributed by atoms with van der Waals surface area (Å²) in [5.74, 6) is 0.373. The lowest BCUT2D eigenvalue weighted by atomic mass is 9.97. The first-order valence-electron chi connectivity index (χ1n) is 7.92. The van der Waals surface area contributed by atoms with Crippen molar-refractivity contribution in [2.75, 3.05) is 0 Å². The van der Waals surface area contributed by atoms with E-state index >= 15 is 0 Å². The number of carbonyl (C=O) groups is 1. The Bertz CT molecular complexity index is 697. The molecule has 8 nitrogen and oxygen atoms in total. The van der Waals surface area contributed by atoms with Crippen molar-refractivity contribution in [2.45, 2.75) is 44.2 Å². The second kappa shape index (κ2) is 6.13. The van der Waals surface area contributed by atoms with Gasteiger partial charge in [-0.25, -0.2) is 4.79 Å². The number of hydrogen-bond donors (Lipinski definition) is 0. The number of hydrogen-bond acceptors (Lipinski definition) is 5. The van der Waals surface area contributed by atoms with Crippen LogP contribution in [0.2, 0.25) is 0 Å². The van der Waals surface area contributed by atoms with E-state index in [1.54, 1.807) is 0 Å². The fourth-order valence-electron chi connectivity index (χ4n) is 4.09. The summed E-state index contributed by atoms with van der Waals surface area (Å²) >= 11 is 0. The van der Waals surface area contributed by atoms with E-state index in [2.05, 4.69) is 10.0 Å². The molecule has 2 saturated carbocycles. The third-order valence-electron chi connectivity index (χ3n) is 5.08. The van der Waals surface area contributed by atoms with Crippen molar-refractivity contribution in [1.29, 1.82) is 0 Å². The molecule has 2 fully saturated rings. The Hall–Kier alpha value is -2.60. The Morgan fingerprint density at radius 1 is 1.33 bits per heavy atom. The molecule has 2 atom stereocenters. The van der Waals surface area contributed by atoms with E-state index < -0.39 is 10.9 Å². The molecule has 0 amide bonds. The third-order valence-corrected chi connectivity index (χ3v) is 5.08. The second-order valence-electron chi connectivity index (χ2n) is 6.92. The van der Waals surface area contributed by atoms with Crippen molar-refractivity contribution < 1.29 is 14.5 Å². The lowest BCUT2D eigenvalue weighted by Crippen LogP contribution is -2.21. The van der Waals surface area contributed by atoms with Gasteiger partial charge in [0.2, 0.25) is 0 Å². The van der Waals surface area contributed by atoms with Gasteiger partial charge in [-0.15, -0.1) is 0 Å². The highest BCUT2D eigenvalue weighted by Crippen LogP contribution is 2.51. The van der Waals surface area contributed by atoms with Crippen LogP contribution in [0.25, 0.3) is 10.4 Å². The molecule has 0 N–H and O–H groups in total. The van der Waals surface area contributed by atoms with Crippen LogP contribution in [0.15, 0.2) is 29.4 Å². The molecule has 0 heterocycles. The van der Waals surface area contributed by atoms with Gasteiger partial charge in [0, 0.05) is 22.6 Å². The normalized spacial score (nSPS) is 31.1. The van der Waals surface area contributed by atoms with Crippen LogP contribution < -0.4 is 0 Å². The topological polar surface area (TPSA) is 118 Å². The Morgan fingerprint density at radius 3 is 2.42 bits per heavy atom. The molecule has 0 aromatic heterocycles.